The maximum absolute atomic E-state index is 13.1. The Balaban J connectivity index is 1.67. The zero-order valence-corrected chi connectivity index (χ0v) is 22.6. The van der Waals surface area contributed by atoms with E-state index in [1.54, 1.807) is 10.6 Å². The van der Waals surface area contributed by atoms with Gasteiger partial charge in [-0.3, -0.25) is 9.59 Å². The Morgan fingerprint density at radius 2 is 1.73 bits per heavy atom. The number of aryl methyl sites for hydroxylation is 1. The first-order chi connectivity index (χ1) is 17.8. The molecule has 1 aliphatic rings. The van der Waals surface area contributed by atoms with Crippen LogP contribution in [0.5, 0.6) is 11.5 Å². The number of carbonyl (C=O) groups excluding carboxylic acids is 2. The molecule has 1 aromatic heterocycles. The Bertz CT molecular complexity index is 1470. The second kappa shape index (κ2) is 11.4. The van der Waals surface area contributed by atoms with E-state index < -0.39 is 15.9 Å². The Morgan fingerprint density at radius 1 is 1.08 bits per heavy atom. The molecule has 1 aliphatic heterocycles. The molecule has 0 N–H and O–H groups in total. The average molecular weight is 548 g/mol. The van der Waals surface area contributed by atoms with Gasteiger partial charge in [-0.05, 0) is 37.1 Å². The molecule has 2 aromatic carbocycles. The quantitative estimate of drug-likeness (QED) is 0.357. The molecule has 0 saturated carbocycles. The molecule has 1 amide bonds. The molecule has 0 spiro atoms. The predicted molar refractivity (Wildman–Crippen MR) is 138 cm³/mol. The molecular weight excluding hydrogens is 518 g/mol. The molecule has 0 radical (unpaired) electrons. The summed E-state index contributed by atoms with van der Waals surface area (Å²) < 4.78 is 45.8. The second-order valence-electron chi connectivity index (χ2n) is 8.38. The molecule has 12 heteroatoms. The standard InChI is InChI=1S/C25H29N3O7S2/c1-4-11-27(12-5-2)37(31,32)18-8-6-17(7-9-18)24(30)26-25-28(13-10-23(29)33-3)19-14-20-21(35-16-34-20)15-22(19)36-25/h6-9,14-15H,4-5,10-13,16H2,1-3H3. The molecule has 0 unspecified atom stereocenters. The largest absolute Gasteiger partial charge is 0.469 e. The summed E-state index contributed by atoms with van der Waals surface area (Å²) in [6.45, 7) is 5.11. The fourth-order valence-electron chi connectivity index (χ4n) is 3.99. The number of fused-ring (bicyclic) bond motifs is 2. The lowest BCUT2D eigenvalue weighted by atomic mass is 10.2. The highest BCUT2D eigenvalue weighted by molar-refractivity contribution is 7.89. The number of benzene rings is 2. The molecule has 10 nitrogen and oxygen atoms in total. The number of sulfonamides is 1. The van der Waals surface area contributed by atoms with Crippen molar-refractivity contribution in [2.45, 2.75) is 44.6 Å². The third-order valence-corrected chi connectivity index (χ3v) is 8.78. The first-order valence-electron chi connectivity index (χ1n) is 12.0. The highest BCUT2D eigenvalue weighted by Gasteiger charge is 2.23. The van der Waals surface area contributed by atoms with Gasteiger partial charge >= 0.3 is 5.97 Å². The van der Waals surface area contributed by atoms with Crippen LogP contribution < -0.4 is 14.3 Å². The van der Waals surface area contributed by atoms with E-state index in [4.69, 9.17) is 14.2 Å². The minimum absolute atomic E-state index is 0.0940. The molecule has 0 aliphatic carbocycles. The summed E-state index contributed by atoms with van der Waals surface area (Å²) in [5.74, 6) is 0.263. The van der Waals surface area contributed by atoms with E-state index in [2.05, 4.69) is 4.99 Å². The molecule has 198 valence electrons. The van der Waals surface area contributed by atoms with Crippen LogP contribution in [-0.2, 0) is 26.1 Å². The Morgan fingerprint density at radius 3 is 2.35 bits per heavy atom. The minimum Gasteiger partial charge on any atom is -0.469 e. The van der Waals surface area contributed by atoms with Crippen molar-refractivity contribution in [3.05, 3.63) is 46.8 Å². The van der Waals surface area contributed by atoms with E-state index in [0.29, 0.717) is 42.2 Å². The monoisotopic (exact) mass is 547 g/mol. The first kappa shape index (κ1) is 26.8. The summed E-state index contributed by atoms with van der Waals surface area (Å²) in [4.78, 5) is 29.7. The molecule has 0 bridgehead atoms. The molecule has 3 aromatic rings. The number of thiazole rings is 1. The zero-order valence-electron chi connectivity index (χ0n) is 20.9. The molecule has 0 saturated heterocycles. The summed E-state index contributed by atoms with van der Waals surface area (Å²) in [7, 11) is -2.33. The topological polar surface area (TPSA) is 117 Å². The van der Waals surface area contributed by atoms with Gasteiger partial charge in [-0.25, -0.2) is 8.42 Å². The van der Waals surface area contributed by atoms with Crippen molar-refractivity contribution < 1.29 is 32.2 Å². The fraction of sp³-hybridized carbons (Fsp3) is 0.400. The summed E-state index contributed by atoms with van der Waals surface area (Å²) in [5, 5.41) is 0. The van der Waals surface area contributed by atoms with Crippen molar-refractivity contribution in [2.24, 2.45) is 4.99 Å². The molecule has 37 heavy (non-hydrogen) atoms. The maximum atomic E-state index is 13.1. The van der Waals surface area contributed by atoms with E-state index in [1.807, 2.05) is 19.9 Å². The van der Waals surface area contributed by atoms with Gasteiger partial charge < -0.3 is 18.8 Å². The Kier molecular flexibility index (Phi) is 8.30. The van der Waals surface area contributed by atoms with Crippen LogP contribution in [0.15, 0.2) is 46.3 Å². The van der Waals surface area contributed by atoms with Crippen LogP contribution in [0.1, 0.15) is 43.5 Å². The van der Waals surface area contributed by atoms with Crippen molar-refractivity contribution >= 4 is 43.5 Å². The van der Waals surface area contributed by atoms with Crippen LogP contribution in [-0.4, -0.2) is 56.2 Å². The number of hydrogen-bond acceptors (Lipinski definition) is 8. The minimum atomic E-state index is -3.65. The highest BCUT2D eigenvalue weighted by Crippen LogP contribution is 2.37. The zero-order chi connectivity index (χ0) is 26.6. The van der Waals surface area contributed by atoms with Crippen LogP contribution in [0.2, 0.25) is 0 Å². The summed E-state index contributed by atoms with van der Waals surface area (Å²) in [6, 6.07) is 9.43. The van der Waals surface area contributed by atoms with Crippen molar-refractivity contribution in [1.29, 1.82) is 0 Å². The van der Waals surface area contributed by atoms with E-state index >= 15 is 0 Å². The molecule has 2 heterocycles. The number of amides is 1. The van der Waals surface area contributed by atoms with Gasteiger partial charge in [0.1, 0.15) is 0 Å². The van der Waals surface area contributed by atoms with E-state index in [0.717, 1.165) is 10.2 Å². The SMILES string of the molecule is CCCN(CCC)S(=O)(=O)c1ccc(C(=O)N=c2sc3cc4c(cc3n2CCC(=O)OC)OCO4)cc1. The number of ether oxygens (including phenoxy) is 3. The number of aromatic nitrogens is 1. The van der Waals surface area contributed by atoms with Crippen LogP contribution in [0, 0.1) is 0 Å². The van der Waals surface area contributed by atoms with Crippen LogP contribution in [0.4, 0.5) is 0 Å². The van der Waals surface area contributed by atoms with Crippen molar-refractivity contribution in [3.8, 4) is 11.5 Å². The van der Waals surface area contributed by atoms with Gasteiger partial charge in [-0.15, -0.1) is 0 Å². The van der Waals surface area contributed by atoms with Gasteiger partial charge in [0.25, 0.3) is 5.91 Å². The molecule has 0 atom stereocenters. The third kappa shape index (κ3) is 5.71. The third-order valence-electron chi connectivity index (χ3n) is 5.83. The van der Waals surface area contributed by atoms with E-state index in [1.165, 1.54) is 47.0 Å². The van der Waals surface area contributed by atoms with Crippen molar-refractivity contribution in [3.63, 3.8) is 0 Å². The van der Waals surface area contributed by atoms with Gasteiger partial charge in [-0.1, -0.05) is 25.2 Å². The van der Waals surface area contributed by atoms with Gasteiger partial charge in [-0.2, -0.15) is 9.30 Å². The highest BCUT2D eigenvalue weighted by atomic mass is 32.2. The molecule has 0 fully saturated rings. The number of nitrogens with zero attached hydrogens (tertiary/aromatic N) is 3. The number of methoxy groups -OCH3 is 1. The maximum Gasteiger partial charge on any atom is 0.307 e. The lowest BCUT2D eigenvalue weighted by molar-refractivity contribution is -0.140. The van der Waals surface area contributed by atoms with Crippen LogP contribution in [0.25, 0.3) is 10.2 Å². The molecular formula is C25H29N3O7S2. The normalized spacial score (nSPS) is 13.5. The van der Waals surface area contributed by atoms with Crippen LogP contribution in [0.3, 0.4) is 0 Å². The van der Waals surface area contributed by atoms with E-state index in [-0.39, 0.29) is 36.2 Å². The molecule has 4 rings (SSSR count). The lowest BCUT2D eigenvalue weighted by Gasteiger charge is -2.21. The van der Waals surface area contributed by atoms with Crippen molar-refractivity contribution in [1.82, 2.24) is 8.87 Å². The summed E-state index contributed by atoms with van der Waals surface area (Å²) in [6.07, 6.45) is 1.51. The number of rotatable bonds is 10. The summed E-state index contributed by atoms with van der Waals surface area (Å²) >= 11 is 1.28. The summed E-state index contributed by atoms with van der Waals surface area (Å²) in [5.41, 5.74) is 1.00. The Hall–Kier alpha value is -3.22. The number of esters is 1. The smallest absolute Gasteiger partial charge is 0.307 e. The van der Waals surface area contributed by atoms with Crippen molar-refractivity contribution in [2.75, 3.05) is 27.0 Å². The number of hydrogen-bond donors (Lipinski definition) is 0. The van der Waals surface area contributed by atoms with E-state index in [9.17, 15) is 18.0 Å². The Labute approximate surface area is 219 Å². The van der Waals surface area contributed by atoms with Gasteiger partial charge in [0, 0.05) is 37.3 Å². The average Bonchev–Trinajstić information content (AvgIpc) is 3.48. The predicted octanol–water partition coefficient (Wildman–Crippen LogP) is 3.55. The van der Waals surface area contributed by atoms with Gasteiger partial charge in [0.05, 0.1) is 28.6 Å². The second-order valence-corrected chi connectivity index (χ2v) is 11.3. The van der Waals surface area contributed by atoms with Gasteiger partial charge in [0.2, 0.25) is 16.8 Å². The van der Waals surface area contributed by atoms with Crippen LogP contribution >= 0.6 is 11.3 Å². The fourth-order valence-corrected chi connectivity index (χ4v) is 6.68. The van der Waals surface area contributed by atoms with Gasteiger partial charge in [0.15, 0.2) is 16.3 Å². The number of carbonyl (C=O) groups is 2. The lowest BCUT2D eigenvalue weighted by Crippen LogP contribution is -2.32. The first-order valence-corrected chi connectivity index (χ1v) is 14.2.